The number of anilines is 1. The van der Waals surface area contributed by atoms with Gasteiger partial charge in [0.2, 0.25) is 0 Å². The third-order valence-corrected chi connectivity index (χ3v) is 5.62. The predicted octanol–water partition coefficient (Wildman–Crippen LogP) is 4.63. The van der Waals surface area contributed by atoms with Gasteiger partial charge in [-0.05, 0) is 30.0 Å². The second kappa shape index (κ2) is 9.48. The van der Waals surface area contributed by atoms with E-state index >= 15 is 0 Å². The first-order valence-electron chi connectivity index (χ1n) is 9.55. The summed E-state index contributed by atoms with van der Waals surface area (Å²) in [5.41, 5.74) is 1.14. The van der Waals surface area contributed by atoms with Gasteiger partial charge >= 0.3 is 0 Å². The van der Waals surface area contributed by atoms with Crippen molar-refractivity contribution in [2.24, 2.45) is 0 Å². The average Bonchev–Trinajstić information content (AvgIpc) is 2.72. The Morgan fingerprint density at radius 2 is 1.93 bits per heavy atom. The highest BCUT2D eigenvalue weighted by Gasteiger charge is 2.24. The van der Waals surface area contributed by atoms with Crippen LogP contribution in [0, 0.1) is 0 Å². The van der Waals surface area contributed by atoms with Crippen molar-refractivity contribution in [3.8, 4) is 5.75 Å². The van der Waals surface area contributed by atoms with Crippen LogP contribution in [0.1, 0.15) is 31.7 Å². The number of carbonyl (C=O) groups is 1. The lowest BCUT2D eigenvalue weighted by Gasteiger charge is -2.35. The standard InChI is InChI=1S/C21H25Cl2N3O2/c1-3-15(2)17-6-4-5-7-19(17)28-14-20(27)25-8-10-26(11-9-25)21-18(23)12-16(22)13-24-21/h4-7,12-13,15H,3,8-11,14H2,1-2H3. The number of benzene rings is 1. The number of amides is 1. The number of rotatable bonds is 6. The molecule has 2 heterocycles. The Bertz CT molecular complexity index is 823. The minimum Gasteiger partial charge on any atom is -0.483 e. The molecule has 0 spiro atoms. The summed E-state index contributed by atoms with van der Waals surface area (Å²) in [5, 5.41) is 1.04. The van der Waals surface area contributed by atoms with Crippen LogP contribution < -0.4 is 9.64 Å². The van der Waals surface area contributed by atoms with Crippen molar-refractivity contribution < 1.29 is 9.53 Å². The maximum atomic E-state index is 12.6. The van der Waals surface area contributed by atoms with E-state index < -0.39 is 0 Å². The zero-order chi connectivity index (χ0) is 20.1. The van der Waals surface area contributed by atoms with E-state index in [-0.39, 0.29) is 12.5 Å². The van der Waals surface area contributed by atoms with Crippen LogP contribution in [0.2, 0.25) is 10.0 Å². The SMILES string of the molecule is CCC(C)c1ccccc1OCC(=O)N1CCN(c2ncc(Cl)cc2Cl)CC1. The number of ether oxygens (including phenoxy) is 1. The molecule has 3 rings (SSSR count). The van der Waals surface area contributed by atoms with Gasteiger partial charge in [-0.1, -0.05) is 55.2 Å². The van der Waals surface area contributed by atoms with Crippen molar-refractivity contribution in [1.82, 2.24) is 9.88 Å². The summed E-state index contributed by atoms with van der Waals surface area (Å²) in [4.78, 5) is 20.8. The van der Waals surface area contributed by atoms with E-state index in [0.29, 0.717) is 48.0 Å². The molecule has 7 heteroatoms. The summed E-state index contributed by atoms with van der Waals surface area (Å²) in [6.07, 6.45) is 2.61. The van der Waals surface area contributed by atoms with E-state index in [2.05, 4.69) is 29.8 Å². The molecule has 1 saturated heterocycles. The van der Waals surface area contributed by atoms with Crippen LogP contribution in [0.15, 0.2) is 36.5 Å². The third kappa shape index (κ3) is 4.89. The van der Waals surface area contributed by atoms with Crippen LogP contribution in [0.3, 0.4) is 0 Å². The van der Waals surface area contributed by atoms with Gasteiger partial charge in [0.1, 0.15) is 11.6 Å². The van der Waals surface area contributed by atoms with E-state index in [0.717, 1.165) is 17.7 Å². The molecule has 0 radical (unpaired) electrons. The van der Waals surface area contributed by atoms with Crippen molar-refractivity contribution in [1.29, 1.82) is 0 Å². The van der Waals surface area contributed by atoms with Gasteiger partial charge in [-0.15, -0.1) is 0 Å². The Balaban J connectivity index is 1.55. The highest BCUT2D eigenvalue weighted by Crippen LogP contribution is 2.29. The minimum atomic E-state index is -0.00577. The Morgan fingerprint density at radius 1 is 1.21 bits per heavy atom. The van der Waals surface area contributed by atoms with Crippen LogP contribution in [-0.2, 0) is 4.79 Å². The quantitative estimate of drug-likeness (QED) is 0.681. The van der Waals surface area contributed by atoms with E-state index in [4.69, 9.17) is 27.9 Å². The van der Waals surface area contributed by atoms with Crippen LogP contribution in [0.4, 0.5) is 5.82 Å². The molecule has 1 atom stereocenters. The van der Waals surface area contributed by atoms with Gasteiger partial charge in [-0.3, -0.25) is 4.79 Å². The molecule has 2 aromatic rings. The predicted molar refractivity (Wildman–Crippen MR) is 114 cm³/mol. The second-order valence-corrected chi connectivity index (χ2v) is 7.81. The summed E-state index contributed by atoms with van der Waals surface area (Å²) >= 11 is 12.2. The molecule has 0 N–H and O–H groups in total. The van der Waals surface area contributed by atoms with Gasteiger partial charge in [0, 0.05) is 32.4 Å². The second-order valence-electron chi connectivity index (χ2n) is 6.96. The number of para-hydroxylation sites is 1. The molecule has 1 fully saturated rings. The normalized spacial score (nSPS) is 15.4. The van der Waals surface area contributed by atoms with Gasteiger partial charge in [0.05, 0.1) is 10.0 Å². The van der Waals surface area contributed by atoms with Crippen molar-refractivity contribution in [2.75, 3.05) is 37.7 Å². The molecular formula is C21H25Cl2N3O2. The Hall–Kier alpha value is -1.98. The number of carbonyl (C=O) groups excluding carboxylic acids is 1. The molecular weight excluding hydrogens is 397 g/mol. The molecule has 0 bridgehead atoms. The lowest BCUT2D eigenvalue weighted by Crippen LogP contribution is -2.50. The average molecular weight is 422 g/mol. The van der Waals surface area contributed by atoms with Crippen LogP contribution in [0.25, 0.3) is 0 Å². The van der Waals surface area contributed by atoms with Crippen molar-refractivity contribution in [2.45, 2.75) is 26.2 Å². The first-order valence-corrected chi connectivity index (χ1v) is 10.3. The lowest BCUT2D eigenvalue weighted by atomic mass is 9.98. The number of nitrogens with zero attached hydrogens (tertiary/aromatic N) is 3. The zero-order valence-electron chi connectivity index (χ0n) is 16.2. The molecule has 5 nitrogen and oxygen atoms in total. The number of aromatic nitrogens is 1. The fourth-order valence-electron chi connectivity index (χ4n) is 3.28. The number of halogens is 2. The first-order chi connectivity index (χ1) is 13.5. The summed E-state index contributed by atoms with van der Waals surface area (Å²) in [6, 6.07) is 9.63. The Morgan fingerprint density at radius 3 is 2.61 bits per heavy atom. The lowest BCUT2D eigenvalue weighted by molar-refractivity contribution is -0.133. The monoisotopic (exact) mass is 421 g/mol. The van der Waals surface area contributed by atoms with Crippen molar-refractivity contribution >= 4 is 34.9 Å². The zero-order valence-corrected chi connectivity index (χ0v) is 17.7. The third-order valence-electron chi connectivity index (χ3n) is 5.13. The Kier molecular flexibility index (Phi) is 7.03. The highest BCUT2D eigenvalue weighted by atomic mass is 35.5. The largest absolute Gasteiger partial charge is 0.483 e. The summed E-state index contributed by atoms with van der Waals surface area (Å²) < 4.78 is 5.87. The van der Waals surface area contributed by atoms with E-state index in [1.165, 1.54) is 0 Å². The van der Waals surface area contributed by atoms with Gasteiger partial charge in [0.25, 0.3) is 5.91 Å². The van der Waals surface area contributed by atoms with E-state index in [9.17, 15) is 4.79 Å². The van der Waals surface area contributed by atoms with Crippen LogP contribution >= 0.6 is 23.2 Å². The fraction of sp³-hybridized carbons (Fsp3) is 0.429. The van der Waals surface area contributed by atoms with Crippen molar-refractivity contribution in [3.05, 3.63) is 52.1 Å². The van der Waals surface area contributed by atoms with Gasteiger partial charge < -0.3 is 14.5 Å². The van der Waals surface area contributed by atoms with Crippen LogP contribution in [0.5, 0.6) is 5.75 Å². The molecule has 28 heavy (non-hydrogen) atoms. The Labute approximate surface area is 176 Å². The maximum absolute atomic E-state index is 12.6. The summed E-state index contributed by atoms with van der Waals surface area (Å²) in [7, 11) is 0. The maximum Gasteiger partial charge on any atom is 0.260 e. The molecule has 1 aliphatic rings. The topological polar surface area (TPSA) is 45.7 Å². The molecule has 0 aliphatic carbocycles. The van der Waals surface area contributed by atoms with Gasteiger partial charge in [-0.2, -0.15) is 0 Å². The summed E-state index contributed by atoms with van der Waals surface area (Å²) in [5.74, 6) is 1.89. The van der Waals surface area contributed by atoms with Gasteiger partial charge in [-0.25, -0.2) is 4.98 Å². The van der Waals surface area contributed by atoms with Crippen LogP contribution in [-0.4, -0.2) is 48.6 Å². The molecule has 1 aliphatic heterocycles. The number of hydrogen-bond acceptors (Lipinski definition) is 4. The van der Waals surface area contributed by atoms with E-state index in [1.54, 1.807) is 12.3 Å². The molecule has 0 saturated carbocycles. The summed E-state index contributed by atoms with van der Waals surface area (Å²) in [6.45, 7) is 6.92. The molecule has 1 aromatic heterocycles. The molecule has 1 amide bonds. The van der Waals surface area contributed by atoms with Gasteiger partial charge in [0.15, 0.2) is 6.61 Å². The number of piperazine rings is 1. The first kappa shape index (κ1) is 20.7. The molecule has 1 unspecified atom stereocenters. The molecule has 150 valence electrons. The van der Waals surface area contributed by atoms with Crippen molar-refractivity contribution in [3.63, 3.8) is 0 Å². The number of pyridine rings is 1. The fourth-order valence-corrected chi connectivity index (χ4v) is 3.78. The number of hydrogen-bond donors (Lipinski definition) is 0. The minimum absolute atomic E-state index is 0.00577. The van der Waals surface area contributed by atoms with E-state index in [1.807, 2.05) is 23.1 Å². The molecule has 1 aromatic carbocycles. The highest BCUT2D eigenvalue weighted by molar-refractivity contribution is 6.36. The smallest absolute Gasteiger partial charge is 0.260 e.